The lowest BCUT2D eigenvalue weighted by Gasteiger charge is -2.35. The predicted octanol–water partition coefficient (Wildman–Crippen LogP) is 1.40. The number of benzene rings is 2. The first-order valence-corrected chi connectivity index (χ1v) is 10.8. The third kappa shape index (κ3) is 5.26. The number of sulfonamides is 1. The number of piperazine rings is 1. The first-order chi connectivity index (χ1) is 13.8. The molecule has 1 aliphatic heterocycles. The van der Waals surface area contributed by atoms with Crippen molar-refractivity contribution in [3.63, 3.8) is 0 Å². The van der Waals surface area contributed by atoms with Crippen LogP contribution in [-0.4, -0.2) is 75.5 Å². The second-order valence-corrected chi connectivity index (χ2v) is 9.29. The van der Waals surface area contributed by atoms with Gasteiger partial charge in [0.15, 0.2) is 0 Å². The van der Waals surface area contributed by atoms with Crippen LogP contribution in [0.1, 0.15) is 0 Å². The molecule has 0 aromatic heterocycles. The fraction of sp³-hybridized carbons (Fsp3) is 0.350. The summed E-state index contributed by atoms with van der Waals surface area (Å²) in [7, 11) is -0.524. The van der Waals surface area contributed by atoms with Gasteiger partial charge in [-0.1, -0.05) is 0 Å². The van der Waals surface area contributed by atoms with Crippen molar-refractivity contribution in [1.29, 1.82) is 0 Å². The van der Waals surface area contributed by atoms with E-state index in [0.29, 0.717) is 5.69 Å². The molecule has 0 spiro atoms. The summed E-state index contributed by atoms with van der Waals surface area (Å²) in [6.07, 6.45) is 0. The van der Waals surface area contributed by atoms with Crippen LogP contribution in [0, 0.1) is 0 Å². The summed E-state index contributed by atoms with van der Waals surface area (Å²) >= 11 is 0. The van der Waals surface area contributed by atoms with Crippen LogP contribution in [0.25, 0.3) is 0 Å². The molecule has 156 valence electrons. The molecule has 2 N–H and O–H groups in total. The van der Waals surface area contributed by atoms with Crippen molar-refractivity contribution in [2.75, 3.05) is 57.0 Å². The van der Waals surface area contributed by atoms with Crippen molar-refractivity contribution < 1.29 is 18.3 Å². The number of rotatable bonds is 6. The van der Waals surface area contributed by atoms with E-state index in [0.717, 1.165) is 36.2 Å². The fourth-order valence-electron chi connectivity index (χ4n) is 3.15. The molecule has 2 aromatic rings. The van der Waals surface area contributed by atoms with Gasteiger partial charge in [-0.25, -0.2) is 12.7 Å². The van der Waals surface area contributed by atoms with Gasteiger partial charge in [0, 0.05) is 51.6 Å². The summed E-state index contributed by atoms with van der Waals surface area (Å²) in [6.45, 7) is 3.40. The molecular formula is C20H26N4O4S. The summed E-state index contributed by atoms with van der Waals surface area (Å²) < 4.78 is 25.3. The van der Waals surface area contributed by atoms with Crippen LogP contribution in [0.3, 0.4) is 0 Å². The monoisotopic (exact) mass is 418 g/mol. The van der Waals surface area contributed by atoms with Crippen LogP contribution in [0.2, 0.25) is 0 Å². The molecule has 9 heteroatoms. The summed E-state index contributed by atoms with van der Waals surface area (Å²) in [4.78, 5) is 16.8. The highest BCUT2D eigenvalue weighted by molar-refractivity contribution is 7.89. The van der Waals surface area contributed by atoms with E-state index in [4.69, 9.17) is 0 Å². The van der Waals surface area contributed by atoms with Gasteiger partial charge >= 0.3 is 0 Å². The van der Waals surface area contributed by atoms with Crippen molar-refractivity contribution in [1.82, 2.24) is 9.21 Å². The first-order valence-electron chi connectivity index (χ1n) is 9.34. The quantitative estimate of drug-likeness (QED) is 0.737. The number of carbonyl (C=O) groups is 1. The number of aromatic hydroxyl groups is 1. The minimum atomic E-state index is -3.48. The topological polar surface area (TPSA) is 93.2 Å². The Labute approximate surface area is 171 Å². The summed E-state index contributed by atoms with van der Waals surface area (Å²) in [5.74, 6) is 0.114. The number of phenols is 1. The molecular weight excluding hydrogens is 392 g/mol. The Morgan fingerprint density at radius 1 is 1.00 bits per heavy atom. The zero-order chi connectivity index (χ0) is 21.0. The number of phenolic OH excluding ortho intramolecular Hbond substituents is 1. The molecule has 1 fully saturated rings. The molecule has 1 heterocycles. The molecule has 0 bridgehead atoms. The molecule has 29 heavy (non-hydrogen) atoms. The van der Waals surface area contributed by atoms with Gasteiger partial charge < -0.3 is 15.3 Å². The van der Waals surface area contributed by atoms with Gasteiger partial charge in [0.25, 0.3) is 0 Å². The molecule has 0 radical (unpaired) electrons. The second-order valence-electron chi connectivity index (χ2n) is 7.14. The molecule has 3 rings (SSSR count). The van der Waals surface area contributed by atoms with E-state index in [9.17, 15) is 18.3 Å². The Balaban J connectivity index is 1.49. The van der Waals surface area contributed by atoms with E-state index in [2.05, 4.69) is 15.1 Å². The maximum absolute atomic E-state index is 12.3. The number of hydrogen-bond donors (Lipinski definition) is 2. The molecule has 8 nitrogen and oxygen atoms in total. The highest BCUT2D eigenvalue weighted by atomic mass is 32.2. The Kier molecular flexibility index (Phi) is 6.41. The van der Waals surface area contributed by atoms with E-state index >= 15 is 0 Å². The molecule has 0 aliphatic carbocycles. The number of nitrogens with zero attached hydrogens (tertiary/aromatic N) is 3. The zero-order valence-corrected chi connectivity index (χ0v) is 17.4. The number of hydrogen-bond acceptors (Lipinski definition) is 6. The highest BCUT2D eigenvalue weighted by Crippen LogP contribution is 2.20. The lowest BCUT2D eigenvalue weighted by molar-refractivity contribution is -0.117. The van der Waals surface area contributed by atoms with Gasteiger partial charge in [-0.2, -0.15) is 0 Å². The SMILES string of the molecule is CN(C)S(=O)(=O)c1ccc(NC(=O)CN2CCN(c3ccc(O)cc3)CC2)cc1. The van der Waals surface area contributed by atoms with Gasteiger partial charge in [-0.15, -0.1) is 0 Å². The minimum absolute atomic E-state index is 0.133. The Hall–Kier alpha value is -2.62. The predicted molar refractivity (Wildman–Crippen MR) is 113 cm³/mol. The van der Waals surface area contributed by atoms with Crippen molar-refractivity contribution in [3.05, 3.63) is 48.5 Å². The Morgan fingerprint density at radius 3 is 2.14 bits per heavy atom. The fourth-order valence-corrected chi connectivity index (χ4v) is 4.05. The van der Waals surface area contributed by atoms with Crippen LogP contribution >= 0.6 is 0 Å². The van der Waals surface area contributed by atoms with E-state index in [1.807, 2.05) is 12.1 Å². The van der Waals surface area contributed by atoms with E-state index < -0.39 is 10.0 Å². The van der Waals surface area contributed by atoms with Crippen molar-refractivity contribution in [2.24, 2.45) is 0 Å². The van der Waals surface area contributed by atoms with Gasteiger partial charge in [-0.3, -0.25) is 9.69 Å². The normalized spacial score (nSPS) is 15.5. The third-order valence-corrected chi connectivity index (χ3v) is 6.70. The second kappa shape index (κ2) is 8.81. The maximum atomic E-state index is 12.3. The van der Waals surface area contributed by atoms with Gasteiger partial charge in [0.1, 0.15) is 5.75 Å². The number of amides is 1. The van der Waals surface area contributed by atoms with Crippen molar-refractivity contribution >= 4 is 27.3 Å². The van der Waals surface area contributed by atoms with Crippen LogP contribution in [-0.2, 0) is 14.8 Å². The average molecular weight is 419 g/mol. The largest absolute Gasteiger partial charge is 0.508 e. The lowest BCUT2D eigenvalue weighted by atomic mass is 10.2. The molecule has 1 aliphatic rings. The Morgan fingerprint density at radius 2 is 1.59 bits per heavy atom. The van der Waals surface area contributed by atoms with Gasteiger partial charge in [0.05, 0.1) is 11.4 Å². The van der Waals surface area contributed by atoms with Crippen molar-refractivity contribution in [2.45, 2.75) is 4.90 Å². The lowest BCUT2D eigenvalue weighted by Crippen LogP contribution is -2.48. The number of anilines is 2. The molecule has 1 amide bonds. The molecule has 2 aromatic carbocycles. The molecule has 0 atom stereocenters. The third-order valence-electron chi connectivity index (χ3n) is 4.87. The first kappa shape index (κ1) is 21.1. The minimum Gasteiger partial charge on any atom is -0.508 e. The smallest absolute Gasteiger partial charge is 0.242 e. The van der Waals surface area contributed by atoms with Gasteiger partial charge in [-0.05, 0) is 48.5 Å². The maximum Gasteiger partial charge on any atom is 0.242 e. The summed E-state index contributed by atoms with van der Waals surface area (Å²) in [5, 5.41) is 12.2. The number of nitrogens with one attached hydrogen (secondary N) is 1. The molecule has 1 saturated heterocycles. The van der Waals surface area contributed by atoms with Gasteiger partial charge in [0.2, 0.25) is 15.9 Å². The van der Waals surface area contributed by atoms with E-state index in [1.54, 1.807) is 24.3 Å². The van der Waals surface area contributed by atoms with Crippen molar-refractivity contribution in [3.8, 4) is 5.75 Å². The average Bonchev–Trinajstić information content (AvgIpc) is 2.69. The molecule has 0 unspecified atom stereocenters. The summed E-state index contributed by atoms with van der Waals surface area (Å²) in [5.41, 5.74) is 1.62. The van der Waals surface area contributed by atoms with E-state index in [-0.39, 0.29) is 23.1 Å². The standard InChI is InChI=1S/C20H26N4O4S/c1-22(2)29(27,28)19-9-3-16(4-10-19)21-20(26)15-23-11-13-24(14-12-23)17-5-7-18(25)8-6-17/h3-10,25H,11-15H2,1-2H3,(H,21,26). The van der Waals surface area contributed by atoms with E-state index in [1.165, 1.54) is 26.2 Å². The van der Waals surface area contributed by atoms with Crippen LogP contribution in [0.5, 0.6) is 5.75 Å². The summed E-state index contributed by atoms with van der Waals surface area (Å²) in [6, 6.07) is 13.3. The van der Waals surface area contributed by atoms with Crippen LogP contribution in [0.15, 0.2) is 53.4 Å². The van der Waals surface area contributed by atoms with Crippen LogP contribution < -0.4 is 10.2 Å². The Bertz CT molecular complexity index is 935. The zero-order valence-electron chi connectivity index (χ0n) is 16.6. The highest BCUT2D eigenvalue weighted by Gasteiger charge is 2.20. The molecule has 0 saturated carbocycles. The number of carbonyl (C=O) groups excluding carboxylic acids is 1. The van der Waals surface area contributed by atoms with Crippen LogP contribution in [0.4, 0.5) is 11.4 Å².